The van der Waals surface area contributed by atoms with E-state index in [1.165, 1.54) is 25.5 Å². The predicted molar refractivity (Wildman–Crippen MR) is 128 cm³/mol. The van der Waals surface area contributed by atoms with Crippen LogP contribution in [0.1, 0.15) is 34.8 Å². The second-order valence-corrected chi connectivity index (χ2v) is 7.16. The number of nitro groups is 1. The van der Waals surface area contributed by atoms with E-state index >= 15 is 0 Å². The number of ether oxygens (including phenoxy) is 3. The molecule has 176 valence electrons. The molecule has 0 aliphatic heterocycles. The van der Waals surface area contributed by atoms with Gasteiger partial charge in [-0.05, 0) is 54.4 Å². The number of non-ortho nitro benzene ring substituents is 1. The van der Waals surface area contributed by atoms with Crippen molar-refractivity contribution in [1.82, 2.24) is 5.43 Å². The zero-order valence-electron chi connectivity index (χ0n) is 18.9. The van der Waals surface area contributed by atoms with Gasteiger partial charge in [0.05, 0.1) is 24.9 Å². The maximum atomic E-state index is 12.5. The van der Waals surface area contributed by atoms with Gasteiger partial charge in [-0.3, -0.25) is 14.9 Å². The maximum Gasteiger partial charge on any atom is 0.271 e. The Hall–Kier alpha value is -4.40. The molecule has 9 heteroatoms. The molecule has 3 rings (SSSR count). The fourth-order valence-electron chi connectivity index (χ4n) is 2.96. The van der Waals surface area contributed by atoms with Crippen molar-refractivity contribution in [3.05, 3.63) is 93.5 Å². The minimum atomic E-state index is -0.449. The van der Waals surface area contributed by atoms with Gasteiger partial charge in [0.15, 0.2) is 11.5 Å². The lowest BCUT2D eigenvalue weighted by Crippen LogP contribution is -2.17. The third-order valence-electron chi connectivity index (χ3n) is 4.72. The lowest BCUT2D eigenvalue weighted by molar-refractivity contribution is -0.384. The minimum Gasteiger partial charge on any atom is -0.493 e. The van der Waals surface area contributed by atoms with Gasteiger partial charge in [0.25, 0.3) is 11.6 Å². The number of para-hydroxylation sites is 1. The lowest BCUT2D eigenvalue weighted by Gasteiger charge is -2.11. The summed E-state index contributed by atoms with van der Waals surface area (Å²) < 4.78 is 16.8. The van der Waals surface area contributed by atoms with Gasteiger partial charge in [0, 0.05) is 23.3 Å². The molecule has 0 spiro atoms. The Morgan fingerprint density at radius 1 is 1.03 bits per heavy atom. The largest absolute Gasteiger partial charge is 0.493 e. The number of hydrogen-bond acceptors (Lipinski definition) is 7. The summed E-state index contributed by atoms with van der Waals surface area (Å²) in [5, 5.41) is 14.8. The van der Waals surface area contributed by atoms with Crippen molar-refractivity contribution in [2.24, 2.45) is 5.10 Å². The smallest absolute Gasteiger partial charge is 0.271 e. The third kappa shape index (κ3) is 6.55. The zero-order valence-corrected chi connectivity index (χ0v) is 18.9. The van der Waals surface area contributed by atoms with Crippen LogP contribution in [0, 0.1) is 10.1 Å². The van der Waals surface area contributed by atoms with E-state index in [-0.39, 0.29) is 12.3 Å². The van der Waals surface area contributed by atoms with E-state index in [2.05, 4.69) is 10.5 Å². The van der Waals surface area contributed by atoms with Gasteiger partial charge in [-0.25, -0.2) is 5.43 Å². The van der Waals surface area contributed by atoms with E-state index in [0.29, 0.717) is 35.0 Å². The average molecular weight is 463 g/mol. The van der Waals surface area contributed by atoms with Crippen molar-refractivity contribution >= 4 is 17.8 Å². The number of amides is 1. The van der Waals surface area contributed by atoms with E-state index in [1.54, 1.807) is 42.5 Å². The van der Waals surface area contributed by atoms with Gasteiger partial charge in [0.2, 0.25) is 0 Å². The molecule has 1 amide bonds. The van der Waals surface area contributed by atoms with Gasteiger partial charge in [-0.2, -0.15) is 5.10 Å². The van der Waals surface area contributed by atoms with E-state index in [9.17, 15) is 14.9 Å². The normalized spacial score (nSPS) is 10.6. The SMILES string of the molecule is CCCOc1ccc(C(=O)N/N=C/c2ccccc2OCc2ccc([N+](=O)[O-])cc2)cc1OC. The summed E-state index contributed by atoms with van der Waals surface area (Å²) in [4.78, 5) is 22.8. The maximum absolute atomic E-state index is 12.5. The lowest BCUT2D eigenvalue weighted by atomic mass is 10.2. The fraction of sp³-hybridized carbons (Fsp3) is 0.200. The molecular formula is C25H25N3O6. The number of nitrogens with one attached hydrogen (secondary N) is 1. The topological polar surface area (TPSA) is 112 Å². The van der Waals surface area contributed by atoms with Crippen molar-refractivity contribution in [3.63, 3.8) is 0 Å². The Balaban J connectivity index is 1.62. The van der Waals surface area contributed by atoms with Crippen LogP contribution in [0.15, 0.2) is 71.8 Å². The Bertz CT molecular complexity index is 1160. The van der Waals surface area contributed by atoms with Crippen LogP contribution < -0.4 is 19.6 Å². The number of carbonyl (C=O) groups excluding carboxylic acids is 1. The first-order chi connectivity index (χ1) is 16.5. The van der Waals surface area contributed by atoms with Gasteiger partial charge in [0.1, 0.15) is 12.4 Å². The number of nitrogens with zero attached hydrogens (tertiary/aromatic N) is 2. The Morgan fingerprint density at radius 3 is 2.50 bits per heavy atom. The summed E-state index contributed by atoms with van der Waals surface area (Å²) in [7, 11) is 1.52. The first-order valence-electron chi connectivity index (χ1n) is 10.6. The van der Waals surface area contributed by atoms with Crippen LogP contribution in [0.2, 0.25) is 0 Å². The van der Waals surface area contributed by atoms with E-state index in [4.69, 9.17) is 14.2 Å². The Labute approximate surface area is 197 Å². The molecule has 0 atom stereocenters. The number of methoxy groups -OCH3 is 1. The molecule has 9 nitrogen and oxygen atoms in total. The molecule has 0 unspecified atom stereocenters. The molecule has 0 fully saturated rings. The summed E-state index contributed by atoms with van der Waals surface area (Å²) in [5.41, 5.74) is 4.33. The Morgan fingerprint density at radius 2 is 1.79 bits per heavy atom. The molecule has 0 saturated carbocycles. The Kier molecular flexibility index (Phi) is 8.56. The zero-order chi connectivity index (χ0) is 24.3. The van der Waals surface area contributed by atoms with Crippen molar-refractivity contribution in [3.8, 4) is 17.2 Å². The molecule has 0 heterocycles. The molecule has 34 heavy (non-hydrogen) atoms. The first-order valence-corrected chi connectivity index (χ1v) is 10.6. The van der Waals surface area contributed by atoms with E-state index in [1.807, 2.05) is 19.1 Å². The predicted octanol–water partition coefficient (Wildman–Crippen LogP) is 4.74. The summed E-state index contributed by atoms with van der Waals surface area (Å²) in [6.07, 6.45) is 2.35. The molecule has 0 radical (unpaired) electrons. The minimum absolute atomic E-state index is 0.0211. The van der Waals surface area contributed by atoms with Crippen molar-refractivity contribution in [1.29, 1.82) is 0 Å². The molecule has 0 aromatic heterocycles. The summed E-state index contributed by atoms with van der Waals surface area (Å²) in [5.74, 6) is 1.19. The highest BCUT2D eigenvalue weighted by Gasteiger charge is 2.11. The standard InChI is InChI=1S/C25H25N3O6/c1-3-14-33-23-13-10-19(15-24(23)32-2)25(29)27-26-16-20-6-4-5-7-22(20)34-17-18-8-11-21(12-9-18)28(30)31/h4-13,15-16H,3,14,17H2,1-2H3,(H,27,29)/b26-16+. The molecular weight excluding hydrogens is 438 g/mol. The van der Waals surface area contributed by atoms with Gasteiger partial charge < -0.3 is 14.2 Å². The van der Waals surface area contributed by atoms with E-state index in [0.717, 1.165) is 12.0 Å². The van der Waals surface area contributed by atoms with E-state index < -0.39 is 10.8 Å². The van der Waals surface area contributed by atoms with Gasteiger partial charge in [-0.1, -0.05) is 19.1 Å². The van der Waals surface area contributed by atoms with Crippen LogP contribution in [-0.4, -0.2) is 30.8 Å². The van der Waals surface area contributed by atoms with Crippen LogP contribution in [0.3, 0.4) is 0 Å². The van der Waals surface area contributed by atoms with Crippen LogP contribution in [0.4, 0.5) is 5.69 Å². The molecule has 0 aliphatic carbocycles. The molecule has 3 aromatic rings. The highest BCUT2D eigenvalue weighted by atomic mass is 16.6. The quantitative estimate of drug-likeness (QED) is 0.250. The summed E-state index contributed by atoms with van der Waals surface area (Å²) >= 11 is 0. The van der Waals surface area contributed by atoms with Crippen molar-refractivity contribution in [2.45, 2.75) is 20.0 Å². The number of hydrazone groups is 1. The fourth-order valence-corrected chi connectivity index (χ4v) is 2.96. The number of benzene rings is 3. The summed E-state index contributed by atoms with van der Waals surface area (Å²) in [6.45, 7) is 2.78. The monoisotopic (exact) mass is 463 g/mol. The van der Waals surface area contributed by atoms with Crippen LogP contribution in [0.25, 0.3) is 0 Å². The second-order valence-electron chi connectivity index (χ2n) is 7.16. The third-order valence-corrected chi connectivity index (χ3v) is 4.72. The molecule has 3 aromatic carbocycles. The van der Waals surface area contributed by atoms with Crippen molar-refractivity contribution in [2.75, 3.05) is 13.7 Å². The van der Waals surface area contributed by atoms with Crippen LogP contribution >= 0.6 is 0 Å². The molecule has 0 saturated heterocycles. The summed E-state index contributed by atoms with van der Waals surface area (Å²) in [6, 6.07) is 18.3. The average Bonchev–Trinajstić information content (AvgIpc) is 2.86. The van der Waals surface area contributed by atoms with Gasteiger partial charge in [-0.15, -0.1) is 0 Å². The second kappa shape index (κ2) is 12.0. The number of hydrogen-bond donors (Lipinski definition) is 1. The van der Waals surface area contributed by atoms with Crippen molar-refractivity contribution < 1.29 is 23.9 Å². The number of nitro benzene ring substituents is 1. The number of carbonyl (C=O) groups is 1. The first kappa shape index (κ1) is 24.2. The molecule has 1 N–H and O–H groups in total. The highest BCUT2D eigenvalue weighted by Crippen LogP contribution is 2.28. The molecule has 0 aliphatic rings. The number of rotatable bonds is 11. The van der Waals surface area contributed by atoms with Crippen LogP contribution in [0.5, 0.6) is 17.2 Å². The van der Waals surface area contributed by atoms with Crippen LogP contribution in [-0.2, 0) is 6.61 Å². The molecule has 0 bridgehead atoms. The van der Waals surface area contributed by atoms with Gasteiger partial charge >= 0.3 is 0 Å². The highest BCUT2D eigenvalue weighted by molar-refractivity contribution is 5.95.